The van der Waals surface area contributed by atoms with Gasteiger partial charge in [0.1, 0.15) is 0 Å². The highest BCUT2D eigenvalue weighted by Crippen LogP contribution is 2.28. The van der Waals surface area contributed by atoms with Gasteiger partial charge in [0.05, 0.1) is 0 Å². The molecule has 1 aromatic carbocycles. The molecule has 3 heteroatoms. The van der Waals surface area contributed by atoms with Crippen molar-refractivity contribution in [1.29, 1.82) is 0 Å². The van der Waals surface area contributed by atoms with E-state index in [0.717, 1.165) is 44.9 Å². The monoisotopic (exact) mass is 286 g/mol. The molecule has 1 heterocycles. The van der Waals surface area contributed by atoms with Gasteiger partial charge in [-0.25, -0.2) is 0 Å². The van der Waals surface area contributed by atoms with Gasteiger partial charge in [-0.3, -0.25) is 4.79 Å². The number of carbonyl (C=O) groups is 1. The average Bonchev–Trinajstić information content (AvgIpc) is 3.07. The van der Waals surface area contributed by atoms with Gasteiger partial charge in [0.25, 0.3) is 0 Å². The van der Waals surface area contributed by atoms with Crippen LogP contribution in [0.25, 0.3) is 0 Å². The first-order chi connectivity index (χ1) is 10.3. The first-order valence-electron chi connectivity index (χ1n) is 8.41. The van der Waals surface area contributed by atoms with Crippen molar-refractivity contribution >= 4 is 11.6 Å². The zero-order valence-electron chi connectivity index (χ0n) is 12.8. The molecule has 3 nitrogen and oxygen atoms in total. The van der Waals surface area contributed by atoms with Gasteiger partial charge < -0.3 is 9.80 Å². The van der Waals surface area contributed by atoms with Crippen molar-refractivity contribution in [2.75, 3.05) is 31.1 Å². The Morgan fingerprint density at radius 3 is 2.33 bits per heavy atom. The van der Waals surface area contributed by atoms with Crippen molar-refractivity contribution in [3.8, 4) is 0 Å². The zero-order chi connectivity index (χ0) is 14.5. The summed E-state index contributed by atoms with van der Waals surface area (Å²) in [5.41, 5.74) is 1.27. The molecule has 0 radical (unpaired) electrons. The molecule has 0 unspecified atom stereocenters. The molecule has 0 aromatic heterocycles. The third-order valence-corrected chi connectivity index (χ3v) is 4.99. The third-order valence-electron chi connectivity index (χ3n) is 4.99. The number of nitrogens with zero attached hydrogens (tertiary/aromatic N) is 2. The summed E-state index contributed by atoms with van der Waals surface area (Å²) in [6.07, 6.45) is 7.29. The Morgan fingerprint density at radius 2 is 1.67 bits per heavy atom. The molecule has 1 saturated carbocycles. The highest BCUT2D eigenvalue weighted by molar-refractivity contribution is 5.76. The number of benzene rings is 1. The summed E-state index contributed by atoms with van der Waals surface area (Å²) in [5, 5.41) is 0. The van der Waals surface area contributed by atoms with Crippen molar-refractivity contribution in [2.24, 2.45) is 5.92 Å². The first kappa shape index (κ1) is 14.4. The fourth-order valence-electron chi connectivity index (χ4n) is 3.64. The number of carbonyl (C=O) groups excluding carboxylic acids is 1. The number of rotatable bonds is 4. The maximum absolute atomic E-state index is 12.3. The van der Waals surface area contributed by atoms with E-state index >= 15 is 0 Å². The standard InChI is InChI=1S/C18H26N2O/c21-18(11-10-16-6-4-5-7-16)20-14-12-19(13-15-20)17-8-2-1-3-9-17/h1-3,8-9,16H,4-7,10-15H2. The maximum Gasteiger partial charge on any atom is 0.222 e. The van der Waals surface area contributed by atoms with Gasteiger partial charge in [-0.1, -0.05) is 43.9 Å². The van der Waals surface area contributed by atoms with E-state index in [2.05, 4.69) is 34.1 Å². The Labute approximate surface area is 127 Å². The molecular weight excluding hydrogens is 260 g/mol. The molecule has 2 aliphatic rings. The van der Waals surface area contributed by atoms with Crippen molar-refractivity contribution in [3.63, 3.8) is 0 Å². The van der Waals surface area contributed by atoms with Crippen LogP contribution in [0, 0.1) is 5.92 Å². The van der Waals surface area contributed by atoms with Crippen LogP contribution < -0.4 is 4.90 Å². The summed E-state index contributed by atoms with van der Waals surface area (Å²) in [7, 11) is 0. The normalized spacial score (nSPS) is 20.0. The SMILES string of the molecule is O=C(CCC1CCCC1)N1CCN(c2ccccc2)CC1. The molecule has 1 amide bonds. The van der Waals surface area contributed by atoms with Crippen LogP contribution in [-0.2, 0) is 4.79 Å². The summed E-state index contributed by atoms with van der Waals surface area (Å²) < 4.78 is 0. The summed E-state index contributed by atoms with van der Waals surface area (Å²) in [5.74, 6) is 1.19. The van der Waals surface area contributed by atoms with Crippen LogP contribution >= 0.6 is 0 Å². The number of anilines is 1. The van der Waals surface area contributed by atoms with E-state index in [4.69, 9.17) is 0 Å². The molecule has 1 aliphatic carbocycles. The van der Waals surface area contributed by atoms with Crippen molar-refractivity contribution < 1.29 is 4.79 Å². The van der Waals surface area contributed by atoms with Gasteiger partial charge in [-0.05, 0) is 24.5 Å². The molecule has 114 valence electrons. The van der Waals surface area contributed by atoms with Gasteiger partial charge in [-0.2, -0.15) is 0 Å². The highest BCUT2D eigenvalue weighted by Gasteiger charge is 2.22. The summed E-state index contributed by atoms with van der Waals surface area (Å²) in [6, 6.07) is 10.5. The number of para-hydroxylation sites is 1. The van der Waals surface area contributed by atoms with E-state index < -0.39 is 0 Å². The van der Waals surface area contributed by atoms with E-state index in [9.17, 15) is 4.79 Å². The lowest BCUT2D eigenvalue weighted by atomic mass is 10.0. The van der Waals surface area contributed by atoms with Crippen LogP contribution in [-0.4, -0.2) is 37.0 Å². The number of amides is 1. The average molecular weight is 286 g/mol. The molecule has 0 bridgehead atoms. The second-order valence-electron chi connectivity index (χ2n) is 6.39. The molecule has 0 spiro atoms. The summed E-state index contributed by atoms with van der Waals surface area (Å²) in [4.78, 5) is 16.7. The van der Waals surface area contributed by atoms with E-state index in [1.807, 2.05) is 6.07 Å². The fraction of sp³-hybridized carbons (Fsp3) is 0.611. The van der Waals surface area contributed by atoms with E-state index in [-0.39, 0.29) is 0 Å². The van der Waals surface area contributed by atoms with Gasteiger partial charge in [-0.15, -0.1) is 0 Å². The molecule has 2 fully saturated rings. The van der Waals surface area contributed by atoms with E-state index in [0.29, 0.717) is 5.91 Å². The second kappa shape index (κ2) is 6.97. The van der Waals surface area contributed by atoms with Crippen molar-refractivity contribution in [3.05, 3.63) is 30.3 Å². The predicted octanol–water partition coefficient (Wildman–Crippen LogP) is 3.31. The lowest BCUT2D eigenvalue weighted by Crippen LogP contribution is -2.48. The minimum Gasteiger partial charge on any atom is -0.368 e. The van der Waals surface area contributed by atoms with Gasteiger partial charge in [0, 0.05) is 38.3 Å². The largest absolute Gasteiger partial charge is 0.368 e. The van der Waals surface area contributed by atoms with E-state index in [1.54, 1.807) is 0 Å². The topological polar surface area (TPSA) is 23.6 Å². The van der Waals surface area contributed by atoms with Crippen molar-refractivity contribution in [1.82, 2.24) is 4.90 Å². The quantitative estimate of drug-likeness (QED) is 0.848. The molecule has 0 atom stereocenters. The fourth-order valence-corrected chi connectivity index (χ4v) is 3.64. The molecule has 1 saturated heterocycles. The zero-order valence-corrected chi connectivity index (χ0v) is 12.8. The van der Waals surface area contributed by atoms with Gasteiger partial charge >= 0.3 is 0 Å². The smallest absolute Gasteiger partial charge is 0.222 e. The summed E-state index contributed by atoms with van der Waals surface area (Å²) in [6.45, 7) is 3.66. The Morgan fingerprint density at radius 1 is 1.00 bits per heavy atom. The Kier molecular flexibility index (Phi) is 4.79. The lowest BCUT2D eigenvalue weighted by molar-refractivity contribution is -0.131. The molecular formula is C18H26N2O. The third kappa shape index (κ3) is 3.78. The van der Waals surface area contributed by atoms with E-state index in [1.165, 1.54) is 31.4 Å². The minimum absolute atomic E-state index is 0.370. The molecule has 1 aromatic rings. The minimum atomic E-state index is 0.370. The van der Waals surface area contributed by atoms with Crippen LogP contribution in [0.5, 0.6) is 0 Å². The van der Waals surface area contributed by atoms with Crippen molar-refractivity contribution in [2.45, 2.75) is 38.5 Å². The summed E-state index contributed by atoms with van der Waals surface area (Å²) >= 11 is 0. The number of hydrogen-bond donors (Lipinski definition) is 0. The van der Waals surface area contributed by atoms with Gasteiger partial charge in [0.2, 0.25) is 5.91 Å². The molecule has 0 N–H and O–H groups in total. The van der Waals surface area contributed by atoms with Crippen LogP contribution in [0.15, 0.2) is 30.3 Å². The van der Waals surface area contributed by atoms with Crippen LogP contribution in [0.2, 0.25) is 0 Å². The highest BCUT2D eigenvalue weighted by atomic mass is 16.2. The van der Waals surface area contributed by atoms with Crippen LogP contribution in [0.1, 0.15) is 38.5 Å². The molecule has 3 rings (SSSR count). The number of piperazine rings is 1. The number of hydrogen-bond acceptors (Lipinski definition) is 2. The predicted molar refractivity (Wildman–Crippen MR) is 86.4 cm³/mol. The lowest BCUT2D eigenvalue weighted by Gasteiger charge is -2.36. The van der Waals surface area contributed by atoms with Crippen LogP contribution in [0.3, 0.4) is 0 Å². The second-order valence-corrected chi connectivity index (χ2v) is 6.39. The molecule has 1 aliphatic heterocycles. The first-order valence-corrected chi connectivity index (χ1v) is 8.41. The Hall–Kier alpha value is -1.51. The Balaban J connectivity index is 1.43. The van der Waals surface area contributed by atoms with Gasteiger partial charge in [0.15, 0.2) is 0 Å². The Bertz CT molecular complexity index is 446. The van der Waals surface area contributed by atoms with Crippen LogP contribution in [0.4, 0.5) is 5.69 Å². The maximum atomic E-state index is 12.3. The molecule has 21 heavy (non-hydrogen) atoms.